The molecule has 3 aromatic heterocycles. The lowest BCUT2D eigenvalue weighted by Crippen LogP contribution is -1.96. The third kappa shape index (κ3) is 2.30. The number of aromatic amines is 1. The number of aromatic nitrogens is 5. The Balaban J connectivity index is 1.76. The second kappa shape index (κ2) is 5.40. The molecule has 5 nitrogen and oxygen atoms in total. The summed E-state index contributed by atoms with van der Waals surface area (Å²) in [4.78, 5) is 4.14. The number of thioether (sulfide) groups is 1. The molecule has 0 atom stereocenters. The molecule has 0 unspecified atom stereocenters. The molecule has 0 aliphatic heterocycles. The monoisotopic (exact) mass is 329 g/mol. The summed E-state index contributed by atoms with van der Waals surface area (Å²) in [6.07, 6.45) is 2.01. The molecule has 0 saturated carbocycles. The van der Waals surface area contributed by atoms with Crippen molar-refractivity contribution in [2.24, 2.45) is 0 Å². The Bertz CT molecular complexity index is 934. The third-order valence-corrected chi connectivity index (χ3v) is 5.44. The molecular weight excluding hydrogens is 314 g/mol. The maximum atomic E-state index is 4.72. The van der Waals surface area contributed by atoms with Gasteiger partial charge in [0.2, 0.25) is 4.96 Å². The Morgan fingerprint density at radius 2 is 2.14 bits per heavy atom. The Hall–Kier alpha value is -1.86. The number of benzene rings is 1. The molecule has 1 aromatic carbocycles. The van der Waals surface area contributed by atoms with Crippen LogP contribution in [0.3, 0.4) is 0 Å². The van der Waals surface area contributed by atoms with Crippen molar-refractivity contribution in [2.75, 3.05) is 0 Å². The van der Waals surface area contributed by atoms with Gasteiger partial charge in [-0.25, -0.2) is 0 Å². The molecule has 0 saturated heterocycles. The zero-order valence-corrected chi connectivity index (χ0v) is 13.9. The first-order chi connectivity index (χ1) is 10.7. The topological polar surface area (TPSA) is 58.9 Å². The minimum atomic E-state index is 0.569. The van der Waals surface area contributed by atoms with E-state index < -0.39 is 0 Å². The van der Waals surface area contributed by atoms with Crippen molar-refractivity contribution in [3.8, 4) is 10.6 Å². The number of para-hydroxylation sites is 1. The van der Waals surface area contributed by atoms with Crippen LogP contribution < -0.4 is 0 Å². The van der Waals surface area contributed by atoms with Crippen LogP contribution in [0.5, 0.6) is 0 Å². The third-order valence-electron chi connectivity index (χ3n) is 3.42. The molecule has 0 aliphatic rings. The van der Waals surface area contributed by atoms with E-state index in [1.54, 1.807) is 11.3 Å². The number of hydrogen-bond acceptors (Lipinski definition) is 5. The van der Waals surface area contributed by atoms with Crippen LogP contribution in [0.15, 0.2) is 30.5 Å². The summed E-state index contributed by atoms with van der Waals surface area (Å²) in [6.45, 7) is 4.36. The minimum Gasteiger partial charge on any atom is -0.360 e. The van der Waals surface area contributed by atoms with E-state index >= 15 is 0 Å². The van der Waals surface area contributed by atoms with Gasteiger partial charge < -0.3 is 4.98 Å². The predicted octanol–water partition coefficient (Wildman–Crippen LogP) is 3.98. The number of H-pyrrole nitrogens is 1. The molecule has 112 valence electrons. The summed E-state index contributed by atoms with van der Waals surface area (Å²) in [7, 11) is 0. The first kappa shape index (κ1) is 13.8. The number of nitrogens with one attached hydrogen (secondary N) is 1. The highest BCUT2D eigenvalue weighted by Gasteiger charge is 2.15. The molecule has 22 heavy (non-hydrogen) atoms. The number of hydrogen-bond donors (Lipinski definition) is 1. The molecule has 0 radical (unpaired) electrons. The average Bonchev–Trinajstić information content (AvgIpc) is 3.18. The number of rotatable bonds is 4. The van der Waals surface area contributed by atoms with Gasteiger partial charge in [-0.3, -0.25) is 0 Å². The standard InChI is InChI=1S/C15H15N5S2/c1-9(2)21-8-13-17-18-15-20(13)19-14(22-15)11-7-16-12-6-4-3-5-10(11)12/h3-7,9,16H,8H2,1-2H3. The summed E-state index contributed by atoms with van der Waals surface area (Å²) in [5, 5.41) is 15.9. The van der Waals surface area contributed by atoms with Gasteiger partial charge in [-0.05, 0) is 11.3 Å². The SMILES string of the molecule is CC(C)SCc1nnc2sc(-c3c[nH]c4ccccc34)nn12. The van der Waals surface area contributed by atoms with Crippen molar-refractivity contribution in [3.63, 3.8) is 0 Å². The highest BCUT2D eigenvalue weighted by Crippen LogP contribution is 2.32. The van der Waals surface area contributed by atoms with Gasteiger partial charge >= 0.3 is 0 Å². The van der Waals surface area contributed by atoms with Gasteiger partial charge in [-0.2, -0.15) is 21.4 Å². The molecule has 4 rings (SSSR count). The molecule has 1 N–H and O–H groups in total. The van der Waals surface area contributed by atoms with Crippen molar-refractivity contribution >= 4 is 39.0 Å². The highest BCUT2D eigenvalue weighted by atomic mass is 32.2. The van der Waals surface area contributed by atoms with E-state index in [1.807, 2.05) is 34.6 Å². The van der Waals surface area contributed by atoms with E-state index in [9.17, 15) is 0 Å². The zero-order chi connectivity index (χ0) is 15.1. The van der Waals surface area contributed by atoms with Crippen molar-refractivity contribution in [2.45, 2.75) is 24.9 Å². The molecule has 3 heterocycles. The van der Waals surface area contributed by atoms with Gasteiger partial charge in [0.05, 0.1) is 5.75 Å². The fourth-order valence-electron chi connectivity index (χ4n) is 2.35. The van der Waals surface area contributed by atoms with Crippen LogP contribution in [0.1, 0.15) is 19.7 Å². The molecule has 0 fully saturated rings. The number of fused-ring (bicyclic) bond motifs is 2. The summed E-state index contributed by atoms with van der Waals surface area (Å²) < 4.78 is 1.87. The van der Waals surface area contributed by atoms with Crippen LogP contribution in [-0.4, -0.2) is 30.0 Å². The molecule has 0 aliphatic carbocycles. The van der Waals surface area contributed by atoms with Crippen molar-refractivity contribution in [1.29, 1.82) is 0 Å². The van der Waals surface area contributed by atoms with Crippen molar-refractivity contribution in [1.82, 2.24) is 24.8 Å². The lowest BCUT2D eigenvalue weighted by molar-refractivity contribution is 0.885. The van der Waals surface area contributed by atoms with E-state index in [4.69, 9.17) is 5.10 Å². The summed E-state index contributed by atoms with van der Waals surface area (Å²) in [5.74, 6) is 1.74. The largest absolute Gasteiger partial charge is 0.360 e. The van der Waals surface area contributed by atoms with Gasteiger partial charge in [-0.1, -0.05) is 43.4 Å². The second-order valence-corrected chi connectivity index (χ2v) is 7.85. The Kier molecular flexibility index (Phi) is 3.38. The first-order valence-electron chi connectivity index (χ1n) is 7.11. The highest BCUT2D eigenvalue weighted by molar-refractivity contribution is 7.99. The van der Waals surface area contributed by atoms with E-state index in [0.717, 1.165) is 32.6 Å². The summed E-state index contributed by atoms with van der Waals surface area (Å²) in [6, 6.07) is 8.26. The molecule has 0 bridgehead atoms. The Morgan fingerprint density at radius 1 is 1.27 bits per heavy atom. The maximum Gasteiger partial charge on any atom is 0.235 e. The number of nitrogens with zero attached hydrogens (tertiary/aromatic N) is 4. The van der Waals surface area contributed by atoms with Crippen LogP contribution in [0.25, 0.3) is 26.4 Å². The van der Waals surface area contributed by atoms with E-state index in [1.165, 1.54) is 5.39 Å². The normalized spacial score (nSPS) is 12.0. The van der Waals surface area contributed by atoms with E-state index in [2.05, 4.69) is 41.2 Å². The van der Waals surface area contributed by atoms with Crippen LogP contribution in [0.4, 0.5) is 0 Å². The second-order valence-electron chi connectivity index (χ2n) is 5.33. The fourth-order valence-corrected chi connectivity index (χ4v) is 3.90. The molecule has 0 spiro atoms. The quantitative estimate of drug-likeness (QED) is 0.615. The molecule has 4 aromatic rings. The van der Waals surface area contributed by atoms with E-state index in [-0.39, 0.29) is 0 Å². The predicted molar refractivity (Wildman–Crippen MR) is 92.4 cm³/mol. The van der Waals surface area contributed by atoms with Crippen LogP contribution in [0.2, 0.25) is 0 Å². The van der Waals surface area contributed by atoms with Gasteiger partial charge in [0.25, 0.3) is 0 Å². The molecule has 0 amide bonds. The zero-order valence-electron chi connectivity index (χ0n) is 12.3. The van der Waals surface area contributed by atoms with Crippen LogP contribution in [-0.2, 0) is 5.75 Å². The Labute approximate surface area is 135 Å². The summed E-state index contributed by atoms with van der Waals surface area (Å²) >= 11 is 3.42. The Morgan fingerprint density at radius 3 is 3.00 bits per heavy atom. The first-order valence-corrected chi connectivity index (χ1v) is 8.98. The molecular formula is C15H15N5S2. The van der Waals surface area contributed by atoms with Crippen LogP contribution >= 0.6 is 23.1 Å². The smallest absolute Gasteiger partial charge is 0.235 e. The lowest BCUT2D eigenvalue weighted by atomic mass is 10.2. The summed E-state index contributed by atoms with van der Waals surface area (Å²) in [5.41, 5.74) is 2.24. The van der Waals surface area contributed by atoms with Gasteiger partial charge in [0, 0.05) is 22.7 Å². The fraction of sp³-hybridized carbons (Fsp3) is 0.267. The van der Waals surface area contributed by atoms with Gasteiger partial charge in [-0.15, -0.1) is 10.2 Å². The van der Waals surface area contributed by atoms with Crippen molar-refractivity contribution in [3.05, 3.63) is 36.3 Å². The average molecular weight is 329 g/mol. The van der Waals surface area contributed by atoms with E-state index in [0.29, 0.717) is 5.25 Å². The lowest BCUT2D eigenvalue weighted by Gasteiger charge is -2.01. The van der Waals surface area contributed by atoms with Crippen LogP contribution in [0, 0.1) is 0 Å². The minimum absolute atomic E-state index is 0.569. The van der Waals surface area contributed by atoms with Gasteiger partial charge in [0.1, 0.15) is 5.01 Å². The molecule has 7 heteroatoms. The van der Waals surface area contributed by atoms with Crippen molar-refractivity contribution < 1.29 is 0 Å². The maximum absolute atomic E-state index is 4.72. The van der Waals surface area contributed by atoms with Gasteiger partial charge in [0.15, 0.2) is 5.82 Å².